The normalized spacial score (nSPS) is 14.3. The van der Waals surface area contributed by atoms with Crippen molar-refractivity contribution in [1.29, 1.82) is 5.41 Å². The number of hydrogen-bond acceptors (Lipinski definition) is 2. The molecule has 0 aliphatic heterocycles. The smallest absolute Gasteiger partial charge is 0.0282 e. The molecule has 1 N–H and O–H groups in total. The van der Waals surface area contributed by atoms with Crippen LogP contribution in [0.1, 0.15) is 41.5 Å². The summed E-state index contributed by atoms with van der Waals surface area (Å²) in [6.45, 7) is 16.2. The number of nitrogens with one attached hydrogen (secondary N) is 1. The number of hydrogen-bond donors (Lipinski definition) is 1. The van der Waals surface area contributed by atoms with Crippen LogP contribution in [0, 0.1) is 5.41 Å². The first-order valence-corrected chi connectivity index (χ1v) is 7.09. The minimum Gasteiger partial charge on any atom is -0.306 e. The van der Waals surface area contributed by atoms with E-state index in [1.165, 1.54) is 21.6 Å². The van der Waals surface area contributed by atoms with Gasteiger partial charge in [-0.3, -0.25) is 0 Å². The van der Waals surface area contributed by atoms with E-state index in [4.69, 9.17) is 5.41 Å². The van der Waals surface area contributed by atoms with Crippen LogP contribution in [0.25, 0.3) is 0 Å². The number of thioether (sulfide) groups is 1. The van der Waals surface area contributed by atoms with E-state index >= 15 is 0 Å². The standard InChI is InChI=1S/C16H25NS/c1-11(2)8-13(4)15(6)16(7)18-10-12(3)9-14(5)17/h8-9,17H,1,10H2,2-7H3/b12-9+,13-8-,16-15+,17-14?. The Bertz CT molecular complexity index is 422. The summed E-state index contributed by atoms with van der Waals surface area (Å²) >= 11 is 1.83. The summed E-state index contributed by atoms with van der Waals surface area (Å²) in [7, 11) is 0. The molecule has 0 bridgehead atoms. The van der Waals surface area contributed by atoms with E-state index in [0.717, 1.165) is 11.3 Å². The minimum absolute atomic E-state index is 0.616. The third-order valence-corrected chi connectivity index (χ3v) is 3.90. The fourth-order valence-corrected chi connectivity index (χ4v) is 2.40. The van der Waals surface area contributed by atoms with Gasteiger partial charge in [-0.2, -0.15) is 0 Å². The first kappa shape index (κ1) is 17.0. The molecule has 0 aliphatic rings. The summed E-state index contributed by atoms with van der Waals surface area (Å²) in [6, 6.07) is 0. The van der Waals surface area contributed by atoms with Crippen molar-refractivity contribution in [3.8, 4) is 0 Å². The summed E-state index contributed by atoms with van der Waals surface area (Å²) < 4.78 is 0. The van der Waals surface area contributed by atoms with Crippen molar-refractivity contribution < 1.29 is 0 Å². The first-order chi connectivity index (χ1) is 8.23. The lowest BCUT2D eigenvalue weighted by Crippen LogP contribution is -1.90. The topological polar surface area (TPSA) is 23.9 Å². The van der Waals surface area contributed by atoms with Crippen molar-refractivity contribution >= 4 is 17.5 Å². The van der Waals surface area contributed by atoms with Gasteiger partial charge in [0.05, 0.1) is 0 Å². The second-order valence-corrected chi connectivity index (χ2v) is 6.01. The van der Waals surface area contributed by atoms with Crippen LogP contribution in [0.5, 0.6) is 0 Å². The molecule has 0 atom stereocenters. The lowest BCUT2D eigenvalue weighted by Gasteiger charge is -2.09. The summed E-state index contributed by atoms with van der Waals surface area (Å²) in [6.07, 6.45) is 4.04. The first-order valence-electron chi connectivity index (χ1n) is 6.10. The molecule has 0 heterocycles. The number of rotatable bonds is 6. The molecule has 0 rings (SSSR count). The van der Waals surface area contributed by atoms with Gasteiger partial charge in [-0.05, 0) is 63.7 Å². The van der Waals surface area contributed by atoms with Gasteiger partial charge in [0.15, 0.2) is 0 Å². The highest BCUT2D eigenvalue weighted by Gasteiger charge is 2.01. The van der Waals surface area contributed by atoms with Crippen molar-refractivity contribution in [3.63, 3.8) is 0 Å². The van der Waals surface area contributed by atoms with Crippen LogP contribution >= 0.6 is 11.8 Å². The third-order valence-electron chi connectivity index (χ3n) is 2.56. The third kappa shape index (κ3) is 7.33. The van der Waals surface area contributed by atoms with Gasteiger partial charge in [0, 0.05) is 11.5 Å². The molecular weight excluding hydrogens is 238 g/mol. The average molecular weight is 263 g/mol. The Morgan fingerprint density at radius 3 is 2.06 bits per heavy atom. The summed E-state index contributed by atoms with van der Waals surface area (Å²) in [4.78, 5) is 1.33. The monoisotopic (exact) mass is 263 g/mol. The van der Waals surface area contributed by atoms with Gasteiger partial charge in [0.2, 0.25) is 0 Å². The fourth-order valence-electron chi connectivity index (χ4n) is 1.50. The Morgan fingerprint density at radius 2 is 1.61 bits per heavy atom. The molecule has 0 radical (unpaired) electrons. The van der Waals surface area contributed by atoms with Gasteiger partial charge in [0.1, 0.15) is 0 Å². The molecule has 0 fully saturated rings. The maximum absolute atomic E-state index is 7.42. The van der Waals surface area contributed by atoms with Crippen molar-refractivity contribution in [2.75, 3.05) is 5.75 Å². The molecule has 0 spiro atoms. The quantitative estimate of drug-likeness (QED) is 0.495. The fraction of sp³-hybridized carbons (Fsp3) is 0.438. The molecule has 1 nitrogen and oxygen atoms in total. The van der Waals surface area contributed by atoms with E-state index in [0.29, 0.717) is 5.71 Å². The van der Waals surface area contributed by atoms with E-state index in [1.54, 1.807) is 0 Å². The van der Waals surface area contributed by atoms with E-state index in [9.17, 15) is 0 Å². The Morgan fingerprint density at radius 1 is 1.06 bits per heavy atom. The van der Waals surface area contributed by atoms with E-state index in [-0.39, 0.29) is 0 Å². The zero-order valence-electron chi connectivity index (χ0n) is 12.5. The molecule has 0 saturated carbocycles. The van der Waals surface area contributed by atoms with Crippen LogP contribution in [0.2, 0.25) is 0 Å². The highest BCUT2D eigenvalue weighted by Crippen LogP contribution is 2.25. The van der Waals surface area contributed by atoms with Crippen LogP contribution in [0.4, 0.5) is 0 Å². The zero-order chi connectivity index (χ0) is 14.3. The van der Waals surface area contributed by atoms with E-state index in [1.807, 2.05) is 31.7 Å². The van der Waals surface area contributed by atoms with Gasteiger partial charge in [-0.25, -0.2) is 0 Å². The Labute approximate surface area is 116 Å². The van der Waals surface area contributed by atoms with Crippen molar-refractivity contribution in [3.05, 3.63) is 45.9 Å². The van der Waals surface area contributed by atoms with Gasteiger partial charge in [0.25, 0.3) is 0 Å². The van der Waals surface area contributed by atoms with Crippen molar-refractivity contribution in [1.82, 2.24) is 0 Å². The molecular formula is C16H25NS. The summed E-state index contributed by atoms with van der Waals surface area (Å²) in [5.74, 6) is 0.944. The molecule has 18 heavy (non-hydrogen) atoms. The lowest BCUT2D eigenvalue weighted by atomic mass is 10.1. The second kappa shape index (κ2) is 8.15. The molecule has 0 aromatic rings. The zero-order valence-corrected chi connectivity index (χ0v) is 13.3. The van der Waals surface area contributed by atoms with E-state index in [2.05, 4.69) is 40.3 Å². The van der Waals surface area contributed by atoms with Crippen LogP contribution < -0.4 is 0 Å². The molecule has 0 saturated heterocycles. The predicted molar refractivity (Wildman–Crippen MR) is 86.6 cm³/mol. The maximum atomic E-state index is 7.42. The highest BCUT2D eigenvalue weighted by molar-refractivity contribution is 8.03. The SMILES string of the molecule is C=C(C)/C=C(C)\C(C)=C(/C)SC/C(C)=C/C(C)=N. The van der Waals surface area contributed by atoms with Crippen LogP contribution in [0.3, 0.4) is 0 Å². The van der Waals surface area contributed by atoms with Gasteiger partial charge in [-0.1, -0.05) is 23.8 Å². The summed E-state index contributed by atoms with van der Waals surface area (Å²) in [5.41, 5.74) is 5.53. The molecule has 0 aliphatic carbocycles. The van der Waals surface area contributed by atoms with Crippen LogP contribution in [0.15, 0.2) is 45.9 Å². The van der Waals surface area contributed by atoms with Gasteiger partial charge < -0.3 is 5.41 Å². The Hall–Kier alpha value is -1.02. The van der Waals surface area contributed by atoms with Gasteiger partial charge >= 0.3 is 0 Å². The summed E-state index contributed by atoms with van der Waals surface area (Å²) in [5, 5.41) is 7.42. The molecule has 0 unspecified atom stereocenters. The van der Waals surface area contributed by atoms with E-state index < -0.39 is 0 Å². The molecule has 0 aromatic heterocycles. The van der Waals surface area contributed by atoms with Gasteiger partial charge in [-0.15, -0.1) is 11.8 Å². The largest absolute Gasteiger partial charge is 0.306 e. The van der Waals surface area contributed by atoms with Crippen LogP contribution in [-0.2, 0) is 0 Å². The second-order valence-electron chi connectivity index (χ2n) is 4.82. The average Bonchev–Trinajstić information content (AvgIpc) is 2.22. The van der Waals surface area contributed by atoms with Crippen molar-refractivity contribution in [2.24, 2.45) is 0 Å². The molecule has 0 aromatic carbocycles. The molecule has 100 valence electrons. The predicted octanol–water partition coefficient (Wildman–Crippen LogP) is 5.52. The van der Waals surface area contributed by atoms with Crippen molar-refractivity contribution in [2.45, 2.75) is 41.5 Å². The minimum atomic E-state index is 0.616. The Balaban J connectivity index is 4.70. The van der Waals surface area contributed by atoms with Crippen LogP contribution in [-0.4, -0.2) is 11.5 Å². The lowest BCUT2D eigenvalue weighted by molar-refractivity contribution is 1.29. The molecule has 0 amide bonds. The molecule has 2 heteroatoms. The number of allylic oxidation sites excluding steroid dienone is 6. The Kier molecular flexibility index (Phi) is 7.69. The maximum Gasteiger partial charge on any atom is 0.0282 e. The highest BCUT2D eigenvalue weighted by atomic mass is 32.2.